The fourth-order valence-electron chi connectivity index (χ4n) is 1.93. The van der Waals surface area contributed by atoms with E-state index in [1.807, 2.05) is 25.4 Å². The summed E-state index contributed by atoms with van der Waals surface area (Å²) in [5.74, 6) is 1.64. The summed E-state index contributed by atoms with van der Waals surface area (Å²) in [6, 6.07) is 6.17. The van der Waals surface area contributed by atoms with Crippen molar-refractivity contribution in [1.29, 1.82) is 0 Å². The predicted molar refractivity (Wildman–Crippen MR) is 62.2 cm³/mol. The fourth-order valence-corrected chi connectivity index (χ4v) is 1.93. The van der Waals surface area contributed by atoms with Crippen LogP contribution in [-0.4, -0.2) is 23.0 Å². The highest BCUT2D eigenvalue weighted by Crippen LogP contribution is 2.18. The minimum atomic E-state index is 0.486. The average molecular weight is 203 g/mol. The number of nitrogens with zero attached hydrogens (tertiary/aromatic N) is 2. The van der Waals surface area contributed by atoms with E-state index in [-0.39, 0.29) is 0 Å². The molecule has 2 aromatic rings. The van der Waals surface area contributed by atoms with Gasteiger partial charge in [0, 0.05) is 18.7 Å². The largest absolute Gasteiger partial charge is 0.319 e. The lowest BCUT2D eigenvalue weighted by Gasteiger charge is -2.12. The van der Waals surface area contributed by atoms with Gasteiger partial charge < -0.3 is 9.72 Å². The molecule has 2 rings (SSSR count). The molecule has 0 saturated carbocycles. The van der Waals surface area contributed by atoms with Gasteiger partial charge in [-0.1, -0.05) is 13.0 Å². The summed E-state index contributed by atoms with van der Waals surface area (Å²) >= 11 is 0. The molecule has 3 heteroatoms. The Morgan fingerprint density at radius 3 is 3.07 bits per heavy atom. The molecule has 0 spiro atoms. The number of likely N-dealkylation sites (N-methyl/N-ethyl adjacent to an activating group) is 1. The van der Waals surface area contributed by atoms with Crippen LogP contribution in [0, 0.1) is 0 Å². The van der Waals surface area contributed by atoms with Crippen molar-refractivity contribution in [2.24, 2.45) is 0 Å². The predicted octanol–water partition coefficient (Wildman–Crippen LogP) is 2.05. The Balaban J connectivity index is 2.41. The first-order chi connectivity index (χ1) is 7.36. The molecule has 2 aromatic heterocycles. The number of fused-ring (bicyclic) bond motifs is 1. The molecule has 0 radical (unpaired) electrons. The zero-order chi connectivity index (χ0) is 10.7. The number of rotatable bonds is 4. The first-order valence-electron chi connectivity index (χ1n) is 5.43. The maximum absolute atomic E-state index is 4.51. The number of nitrogens with one attached hydrogen (secondary N) is 1. The van der Waals surface area contributed by atoms with Crippen molar-refractivity contribution in [3.8, 4) is 0 Å². The Morgan fingerprint density at radius 1 is 1.47 bits per heavy atom. The van der Waals surface area contributed by atoms with E-state index in [0.717, 1.165) is 18.8 Å². The molecular weight excluding hydrogens is 186 g/mol. The standard InChI is InChI=1S/C12H17N3/c1-3-10(8-13-2)12-14-9-11-6-4-5-7-15(11)12/h4-7,9-10,13H,3,8H2,1-2H3. The van der Waals surface area contributed by atoms with Gasteiger partial charge in [-0.2, -0.15) is 0 Å². The molecule has 0 aliphatic heterocycles. The topological polar surface area (TPSA) is 29.3 Å². The zero-order valence-electron chi connectivity index (χ0n) is 9.27. The molecule has 15 heavy (non-hydrogen) atoms. The minimum Gasteiger partial charge on any atom is -0.319 e. The Bertz CT molecular complexity index is 433. The minimum absolute atomic E-state index is 0.486. The second kappa shape index (κ2) is 4.45. The second-order valence-corrected chi connectivity index (χ2v) is 3.77. The van der Waals surface area contributed by atoms with Gasteiger partial charge >= 0.3 is 0 Å². The highest BCUT2D eigenvalue weighted by atomic mass is 15.0. The SMILES string of the molecule is CCC(CNC)c1ncc2ccccn12. The van der Waals surface area contributed by atoms with Crippen molar-refractivity contribution in [3.63, 3.8) is 0 Å². The lowest BCUT2D eigenvalue weighted by Crippen LogP contribution is -2.18. The van der Waals surface area contributed by atoms with Gasteiger partial charge in [0.1, 0.15) is 5.82 Å². The van der Waals surface area contributed by atoms with Gasteiger partial charge in [0.2, 0.25) is 0 Å². The molecule has 0 fully saturated rings. The van der Waals surface area contributed by atoms with Crippen LogP contribution in [0.5, 0.6) is 0 Å². The molecule has 1 unspecified atom stereocenters. The molecule has 0 amide bonds. The van der Waals surface area contributed by atoms with Crippen LogP contribution >= 0.6 is 0 Å². The van der Waals surface area contributed by atoms with Crippen LogP contribution in [0.2, 0.25) is 0 Å². The van der Waals surface area contributed by atoms with E-state index in [2.05, 4.69) is 33.9 Å². The lowest BCUT2D eigenvalue weighted by molar-refractivity contribution is 0.578. The Labute approximate surface area is 90.1 Å². The van der Waals surface area contributed by atoms with Crippen molar-refractivity contribution in [3.05, 3.63) is 36.4 Å². The van der Waals surface area contributed by atoms with E-state index < -0.39 is 0 Å². The summed E-state index contributed by atoms with van der Waals surface area (Å²) in [7, 11) is 1.98. The summed E-state index contributed by atoms with van der Waals surface area (Å²) in [6.45, 7) is 3.18. The monoisotopic (exact) mass is 203 g/mol. The first kappa shape index (κ1) is 10.2. The van der Waals surface area contributed by atoms with Crippen LogP contribution < -0.4 is 5.32 Å². The molecule has 0 aromatic carbocycles. The van der Waals surface area contributed by atoms with E-state index in [0.29, 0.717) is 5.92 Å². The Hall–Kier alpha value is -1.35. The van der Waals surface area contributed by atoms with Crippen LogP contribution in [0.4, 0.5) is 0 Å². The quantitative estimate of drug-likeness (QED) is 0.824. The van der Waals surface area contributed by atoms with E-state index in [4.69, 9.17) is 0 Å². The Morgan fingerprint density at radius 2 is 2.33 bits per heavy atom. The van der Waals surface area contributed by atoms with Gasteiger partial charge in [0.15, 0.2) is 0 Å². The third-order valence-corrected chi connectivity index (χ3v) is 2.78. The van der Waals surface area contributed by atoms with E-state index in [9.17, 15) is 0 Å². The molecule has 2 heterocycles. The van der Waals surface area contributed by atoms with Gasteiger partial charge in [0.25, 0.3) is 0 Å². The molecule has 80 valence electrons. The molecule has 0 bridgehead atoms. The van der Waals surface area contributed by atoms with Crippen LogP contribution in [0.15, 0.2) is 30.6 Å². The van der Waals surface area contributed by atoms with Gasteiger partial charge in [-0.15, -0.1) is 0 Å². The maximum atomic E-state index is 4.51. The summed E-state index contributed by atoms with van der Waals surface area (Å²) in [4.78, 5) is 4.51. The van der Waals surface area contributed by atoms with E-state index in [1.165, 1.54) is 5.52 Å². The number of hydrogen-bond acceptors (Lipinski definition) is 2. The van der Waals surface area contributed by atoms with Crippen LogP contribution in [-0.2, 0) is 0 Å². The van der Waals surface area contributed by atoms with E-state index >= 15 is 0 Å². The maximum Gasteiger partial charge on any atom is 0.117 e. The summed E-state index contributed by atoms with van der Waals surface area (Å²) < 4.78 is 2.17. The molecule has 0 aliphatic rings. The number of imidazole rings is 1. The van der Waals surface area contributed by atoms with Gasteiger partial charge in [0.05, 0.1) is 11.7 Å². The first-order valence-corrected chi connectivity index (χ1v) is 5.43. The number of pyridine rings is 1. The van der Waals surface area contributed by atoms with Gasteiger partial charge in [-0.05, 0) is 25.6 Å². The van der Waals surface area contributed by atoms with Crippen molar-refractivity contribution in [1.82, 2.24) is 14.7 Å². The van der Waals surface area contributed by atoms with Crippen LogP contribution in [0.25, 0.3) is 5.52 Å². The fraction of sp³-hybridized carbons (Fsp3) is 0.417. The third-order valence-electron chi connectivity index (χ3n) is 2.78. The molecule has 0 saturated heterocycles. The van der Waals surface area contributed by atoms with E-state index in [1.54, 1.807) is 0 Å². The molecule has 1 N–H and O–H groups in total. The van der Waals surface area contributed by atoms with Crippen molar-refractivity contribution in [2.75, 3.05) is 13.6 Å². The molecule has 1 atom stereocenters. The zero-order valence-corrected chi connectivity index (χ0v) is 9.27. The van der Waals surface area contributed by atoms with Gasteiger partial charge in [-0.25, -0.2) is 4.98 Å². The van der Waals surface area contributed by atoms with Crippen molar-refractivity contribution in [2.45, 2.75) is 19.3 Å². The van der Waals surface area contributed by atoms with Crippen molar-refractivity contribution >= 4 is 5.52 Å². The third kappa shape index (κ3) is 1.88. The second-order valence-electron chi connectivity index (χ2n) is 3.77. The molecular formula is C12H17N3. The smallest absolute Gasteiger partial charge is 0.117 e. The molecule has 3 nitrogen and oxygen atoms in total. The number of hydrogen-bond donors (Lipinski definition) is 1. The summed E-state index contributed by atoms with van der Waals surface area (Å²) in [5.41, 5.74) is 1.17. The normalized spacial score (nSPS) is 13.2. The highest BCUT2D eigenvalue weighted by molar-refractivity contribution is 5.45. The Kier molecular flexibility index (Phi) is 3.02. The summed E-state index contributed by atoms with van der Waals surface area (Å²) in [5, 5.41) is 3.22. The van der Waals surface area contributed by atoms with Crippen LogP contribution in [0.3, 0.4) is 0 Å². The average Bonchev–Trinajstić information content (AvgIpc) is 2.70. The molecule has 0 aliphatic carbocycles. The van der Waals surface area contributed by atoms with Crippen molar-refractivity contribution < 1.29 is 0 Å². The summed E-state index contributed by atoms with van der Waals surface area (Å²) in [6.07, 6.45) is 5.12. The highest BCUT2D eigenvalue weighted by Gasteiger charge is 2.13. The van der Waals surface area contributed by atoms with Crippen LogP contribution in [0.1, 0.15) is 25.1 Å². The van der Waals surface area contributed by atoms with Gasteiger partial charge in [-0.3, -0.25) is 0 Å². The number of aromatic nitrogens is 2. The lowest BCUT2D eigenvalue weighted by atomic mass is 10.1.